The van der Waals surface area contributed by atoms with Crippen LogP contribution in [-0.4, -0.2) is 21.0 Å². The molecule has 2 aromatic rings. The van der Waals surface area contributed by atoms with Crippen molar-refractivity contribution >= 4 is 17.3 Å². The standard InChI is InChI=1S/C16H20N4O/c1-12-15(20-11-7-6-10-14(20)17-12)16(21)19-18-13-8-4-2-3-5-9-13/h6-7,10-11H,2-5,8-9H2,1H3,(H,19,21). The summed E-state index contributed by atoms with van der Waals surface area (Å²) in [6.07, 6.45) is 8.70. The van der Waals surface area contributed by atoms with E-state index in [0.29, 0.717) is 5.69 Å². The number of nitrogens with one attached hydrogen (secondary N) is 1. The highest BCUT2D eigenvalue weighted by Gasteiger charge is 2.16. The minimum absolute atomic E-state index is 0.192. The van der Waals surface area contributed by atoms with Gasteiger partial charge in [0.1, 0.15) is 11.3 Å². The van der Waals surface area contributed by atoms with E-state index in [0.717, 1.165) is 29.9 Å². The number of hydrogen-bond donors (Lipinski definition) is 1. The lowest BCUT2D eigenvalue weighted by Crippen LogP contribution is -2.22. The third-order valence-electron chi connectivity index (χ3n) is 3.92. The molecule has 5 heteroatoms. The number of imidazole rings is 1. The van der Waals surface area contributed by atoms with Gasteiger partial charge in [0.05, 0.1) is 5.69 Å². The molecule has 0 spiro atoms. The Morgan fingerprint density at radius 2 is 2.00 bits per heavy atom. The molecule has 1 fully saturated rings. The van der Waals surface area contributed by atoms with E-state index in [1.54, 1.807) is 4.40 Å². The molecule has 1 aliphatic rings. The highest BCUT2D eigenvalue weighted by molar-refractivity contribution is 5.95. The molecule has 110 valence electrons. The third-order valence-corrected chi connectivity index (χ3v) is 3.92. The number of nitrogens with zero attached hydrogens (tertiary/aromatic N) is 3. The Bertz CT molecular complexity index is 677. The summed E-state index contributed by atoms with van der Waals surface area (Å²) < 4.78 is 1.80. The van der Waals surface area contributed by atoms with Gasteiger partial charge in [0.2, 0.25) is 0 Å². The average Bonchev–Trinajstić information content (AvgIpc) is 2.65. The van der Waals surface area contributed by atoms with Gasteiger partial charge in [-0.2, -0.15) is 5.10 Å². The van der Waals surface area contributed by atoms with Gasteiger partial charge in [0.25, 0.3) is 5.91 Å². The van der Waals surface area contributed by atoms with Crippen molar-refractivity contribution in [1.82, 2.24) is 14.8 Å². The van der Waals surface area contributed by atoms with Crippen LogP contribution in [0.5, 0.6) is 0 Å². The molecule has 0 bridgehead atoms. The number of aryl methyl sites for hydroxylation is 1. The summed E-state index contributed by atoms with van der Waals surface area (Å²) in [6, 6.07) is 5.69. The smallest absolute Gasteiger partial charge is 0.290 e. The first kappa shape index (κ1) is 13.8. The van der Waals surface area contributed by atoms with Gasteiger partial charge in [0, 0.05) is 11.9 Å². The number of hydrogen-bond acceptors (Lipinski definition) is 3. The second kappa shape index (κ2) is 6.08. The van der Waals surface area contributed by atoms with E-state index in [-0.39, 0.29) is 5.91 Å². The zero-order valence-corrected chi connectivity index (χ0v) is 12.3. The average molecular weight is 284 g/mol. The van der Waals surface area contributed by atoms with E-state index >= 15 is 0 Å². The van der Waals surface area contributed by atoms with Crippen LogP contribution < -0.4 is 5.43 Å². The van der Waals surface area contributed by atoms with Crippen LogP contribution in [0.2, 0.25) is 0 Å². The van der Waals surface area contributed by atoms with Crippen LogP contribution in [0.1, 0.15) is 54.7 Å². The maximum Gasteiger partial charge on any atom is 0.290 e. The molecule has 0 saturated heterocycles. The van der Waals surface area contributed by atoms with Crippen LogP contribution >= 0.6 is 0 Å². The van der Waals surface area contributed by atoms with Gasteiger partial charge in [-0.05, 0) is 44.7 Å². The van der Waals surface area contributed by atoms with Gasteiger partial charge < -0.3 is 0 Å². The molecule has 5 nitrogen and oxygen atoms in total. The van der Waals surface area contributed by atoms with E-state index in [1.807, 2.05) is 31.3 Å². The van der Waals surface area contributed by atoms with E-state index in [4.69, 9.17) is 0 Å². The lowest BCUT2D eigenvalue weighted by Gasteiger charge is -2.04. The fraction of sp³-hybridized carbons (Fsp3) is 0.438. The van der Waals surface area contributed by atoms with E-state index < -0.39 is 0 Å². The van der Waals surface area contributed by atoms with E-state index in [9.17, 15) is 4.79 Å². The predicted molar refractivity (Wildman–Crippen MR) is 82.5 cm³/mol. The molecule has 1 saturated carbocycles. The number of carbonyl (C=O) groups excluding carboxylic acids is 1. The number of rotatable bonds is 2. The lowest BCUT2D eigenvalue weighted by molar-refractivity contribution is 0.0948. The van der Waals surface area contributed by atoms with Crippen LogP contribution in [0.15, 0.2) is 29.5 Å². The monoisotopic (exact) mass is 284 g/mol. The first-order valence-corrected chi connectivity index (χ1v) is 7.55. The van der Waals surface area contributed by atoms with Crippen LogP contribution in [0.4, 0.5) is 0 Å². The van der Waals surface area contributed by atoms with Crippen molar-refractivity contribution in [2.45, 2.75) is 45.4 Å². The predicted octanol–water partition coefficient (Wildman–Crippen LogP) is 3.08. The highest BCUT2D eigenvalue weighted by Crippen LogP contribution is 2.15. The lowest BCUT2D eigenvalue weighted by atomic mass is 10.2. The zero-order valence-electron chi connectivity index (χ0n) is 12.3. The summed E-state index contributed by atoms with van der Waals surface area (Å²) in [6.45, 7) is 1.85. The first-order valence-electron chi connectivity index (χ1n) is 7.55. The van der Waals surface area contributed by atoms with Crippen LogP contribution in [0.3, 0.4) is 0 Å². The highest BCUT2D eigenvalue weighted by atomic mass is 16.2. The molecule has 0 radical (unpaired) electrons. The Balaban J connectivity index is 1.80. The van der Waals surface area contributed by atoms with Crippen molar-refractivity contribution in [3.63, 3.8) is 0 Å². The number of aromatic nitrogens is 2. The van der Waals surface area contributed by atoms with Crippen LogP contribution in [-0.2, 0) is 0 Å². The van der Waals surface area contributed by atoms with Crippen molar-refractivity contribution in [2.24, 2.45) is 5.10 Å². The minimum atomic E-state index is -0.192. The quantitative estimate of drug-likeness (QED) is 0.680. The Kier molecular flexibility index (Phi) is 3.99. The van der Waals surface area contributed by atoms with Crippen molar-refractivity contribution in [1.29, 1.82) is 0 Å². The van der Waals surface area contributed by atoms with Crippen molar-refractivity contribution in [3.8, 4) is 0 Å². The number of amides is 1. The molecule has 1 amide bonds. The Morgan fingerprint density at radius 3 is 2.76 bits per heavy atom. The van der Waals surface area contributed by atoms with E-state index in [2.05, 4.69) is 15.5 Å². The van der Waals surface area contributed by atoms with Gasteiger partial charge in [0.15, 0.2) is 0 Å². The molecule has 0 atom stereocenters. The van der Waals surface area contributed by atoms with Crippen molar-refractivity contribution < 1.29 is 4.79 Å². The van der Waals surface area contributed by atoms with Crippen molar-refractivity contribution in [2.75, 3.05) is 0 Å². The number of carbonyl (C=O) groups is 1. The molecule has 1 aliphatic carbocycles. The molecular formula is C16H20N4O. The summed E-state index contributed by atoms with van der Waals surface area (Å²) >= 11 is 0. The van der Waals surface area contributed by atoms with Gasteiger partial charge in [-0.3, -0.25) is 9.20 Å². The van der Waals surface area contributed by atoms with Gasteiger partial charge >= 0.3 is 0 Å². The normalized spacial score (nSPS) is 15.8. The second-order valence-corrected chi connectivity index (χ2v) is 5.51. The largest absolute Gasteiger partial charge is 0.295 e. The van der Waals surface area contributed by atoms with Gasteiger partial charge in [-0.1, -0.05) is 18.9 Å². The van der Waals surface area contributed by atoms with Crippen LogP contribution in [0, 0.1) is 6.92 Å². The molecule has 2 aromatic heterocycles. The fourth-order valence-electron chi connectivity index (χ4n) is 2.82. The zero-order chi connectivity index (χ0) is 14.7. The molecule has 0 unspecified atom stereocenters. The number of hydrazone groups is 1. The molecule has 2 heterocycles. The van der Waals surface area contributed by atoms with Crippen LogP contribution in [0.25, 0.3) is 5.65 Å². The Morgan fingerprint density at radius 1 is 1.24 bits per heavy atom. The molecule has 3 rings (SSSR count). The topological polar surface area (TPSA) is 58.8 Å². The molecule has 21 heavy (non-hydrogen) atoms. The summed E-state index contributed by atoms with van der Waals surface area (Å²) in [5.74, 6) is -0.192. The first-order chi connectivity index (χ1) is 10.3. The van der Waals surface area contributed by atoms with Crippen molar-refractivity contribution in [3.05, 3.63) is 35.8 Å². The SMILES string of the molecule is Cc1nc2ccccn2c1C(=O)NN=C1CCCCCC1. The fourth-order valence-corrected chi connectivity index (χ4v) is 2.82. The van der Waals surface area contributed by atoms with Gasteiger partial charge in [-0.15, -0.1) is 0 Å². The summed E-state index contributed by atoms with van der Waals surface area (Å²) in [7, 11) is 0. The summed E-state index contributed by atoms with van der Waals surface area (Å²) in [5, 5.41) is 4.32. The maximum absolute atomic E-state index is 12.4. The van der Waals surface area contributed by atoms with Gasteiger partial charge in [-0.25, -0.2) is 10.4 Å². The molecule has 0 aliphatic heterocycles. The second-order valence-electron chi connectivity index (χ2n) is 5.51. The third kappa shape index (κ3) is 2.96. The Labute approximate surface area is 124 Å². The number of fused-ring (bicyclic) bond motifs is 1. The summed E-state index contributed by atoms with van der Waals surface area (Å²) in [4.78, 5) is 16.8. The van der Waals surface area contributed by atoms with E-state index in [1.165, 1.54) is 25.7 Å². The molecule has 1 N–H and O–H groups in total. The summed E-state index contributed by atoms with van der Waals surface area (Å²) in [5.41, 5.74) is 5.87. The Hall–Kier alpha value is -2.17. The molecule has 0 aromatic carbocycles. The minimum Gasteiger partial charge on any atom is -0.295 e. The molecular weight excluding hydrogens is 264 g/mol. The number of pyridine rings is 1. The maximum atomic E-state index is 12.4.